The van der Waals surface area contributed by atoms with Gasteiger partial charge in [-0.15, -0.1) is 0 Å². The van der Waals surface area contributed by atoms with Gasteiger partial charge in [-0.05, 0) is 30.7 Å². The maximum absolute atomic E-state index is 13.0. The van der Waals surface area contributed by atoms with Crippen LogP contribution in [0.1, 0.15) is 12.0 Å². The van der Waals surface area contributed by atoms with Gasteiger partial charge >= 0.3 is 11.9 Å². The summed E-state index contributed by atoms with van der Waals surface area (Å²) in [5, 5.41) is 0. The number of hydrogen-bond donors (Lipinski definition) is 0. The van der Waals surface area contributed by atoms with E-state index in [9.17, 15) is 30.4 Å². The summed E-state index contributed by atoms with van der Waals surface area (Å²) in [6, 6.07) is 7.82. The fourth-order valence-electron chi connectivity index (χ4n) is 3.18. The molecule has 1 aliphatic heterocycles. The van der Waals surface area contributed by atoms with Crippen LogP contribution in [0, 0.1) is 0 Å². The predicted molar refractivity (Wildman–Crippen MR) is 97.9 cm³/mol. The van der Waals surface area contributed by atoms with Crippen LogP contribution in [-0.2, 0) is 16.0 Å². The maximum atomic E-state index is 13.0. The molecule has 0 unspecified atom stereocenters. The van der Waals surface area contributed by atoms with Gasteiger partial charge in [0.05, 0.1) is 16.1 Å². The molecule has 3 rings (SSSR count). The first kappa shape index (κ1) is 21.3. The summed E-state index contributed by atoms with van der Waals surface area (Å²) in [6.07, 6.45) is -3.16. The molecule has 0 spiro atoms. The molecular formula is C18H18F5N3O2S. The van der Waals surface area contributed by atoms with Crippen LogP contribution in [0.2, 0.25) is 0 Å². The molecule has 1 aliphatic rings. The second-order valence-electron chi connectivity index (χ2n) is 6.50. The molecule has 5 nitrogen and oxygen atoms in total. The van der Waals surface area contributed by atoms with Crippen LogP contribution in [0.15, 0.2) is 47.5 Å². The lowest BCUT2D eigenvalue weighted by Gasteiger charge is -2.26. The predicted octanol–water partition coefficient (Wildman–Crippen LogP) is 3.81. The molecule has 2 heterocycles. The van der Waals surface area contributed by atoms with E-state index in [1.54, 1.807) is 15.9 Å². The first-order valence-corrected chi connectivity index (χ1v) is 10.3. The third kappa shape index (κ3) is 4.60. The van der Waals surface area contributed by atoms with Gasteiger partial charge in [-0.1, -0.05) is 12.1 Å². The van der Waals surface area contributed by atoms with Crippen molar-refractivity contribution in [1.29, 1.82) is 0 Å². The van der Waals surface area contributed by atoms with Crippen LogP contribution in [0.5, 0.6) is 0 Å². The first-order chi connectivity index (χ1) is 13.6. The van der Waals surface area contributed by atoms with Gasteiger partial charge in [-0.3, -0.25) is 0 Å². The highest BCUT2D eigenvalue weighted by Crippen LogP contribution is 2.31. The van der Waals surface area contributed by atoms with E-state index < -0.39 is 32.2 Å². The van der Waals surface area contributed by atoms with Crippen molar-refractivity contribution in [2.45, 2.75) is 23.3 Å². The molecule has 0 amide bonds. The van der Waals surface area contributed by atoms with Crippen molar-refractivity contribution >= 4 is 21.3 Å². The minimum Gasteiger partial charge on any atom is -0.369 e. The number of rotatable bonds is 4. The second kappa shape index (κ2) is 8.13. The number of nitrogens with zero attached hydrogens (tertiary/aromatic N) is 3. The van der Waals surface area contributed by atoms with Crippen molar-refractivity contribution in [1.82, 2.24) is 4.98 Å². The van der Waals surface area contributed by atoms with E-state index in [1.165, 1.54) is 18.2 Å². The molecule has 1 fully saturated rings. The van der Waals surface area contributed by atoms with Crippen LogP contribution < -0.4 is 9.80 Å². The molecule has 0 radical (unpaired) electrons. The molecule has 1 aromatic heterocycles. The van der Waals surface area contributed by atoms with E-state index in [-0.39, 0.29) is 5.69 Å². The van der Waals surface area contributed by atoms with Gasteiger partial charge in [0.25, 0.3) is 0 Å². The summed E-state index contributed by atoms with van der Waals surface area (Å²) in [6.45, 7) is 1.55. The Morgan fingerprint density at radius 2 is 1.59 bits per heavy atom. The minimum atomic E-state index is -4.76. The van der Waals surface area contributed by atoms with Crippen molar-refractivity contribution < 1.29 is 30.4 Å². The maximum Gasteiger partial charge on any atom is 0.417 e. The van der Waals surface area contributed by atoms with Gasteiger partial charge in [0.1, 0.15) is 5.82 Å². The highest BCUT2D eigenvalue weighted by atomic mass is 32.2. The average molecular weight is 435 g/mol. The van der Waals surface area contributed by atoms with Crippen molar-refractivity contribution in [2.75, 3.05) is 36.0 Å². The molecular weight excluding hydrogens is 417 g/mol. The average Bonchev–Trinajstić information content (AvgIpc) is 2.93. The minimum absolute atomic E-state index is 0.190. The zero-order valence-corrected chi connectivity index (χ0v) is 15.9. The van der Waals surface area contributed by atoms with Gasteiger partial charge in [-0.25, -0.2) is 13.4 Å². The Labute approximate surface area is 164 Å². The van der Waals surface area contributed by atoms with Crippen molar-refractivity contribution in [2.24, 2.45) is 0 Å². The summed E-state index contributed by atoms with van der Waals surface area (Å²) in [4.78, 5) is 6.92. The summed E-state index contributed by atoms with van der Waals surface area (Å²) in [7, 11) is -4.76. The van der Waals surface area contributed by atoms with E-state index >= 15 is 0 Å². The molecule has 0 bridgehead atoms. The number of aromatic nitrogens is 1. The number of pyridine rings is 1. The Hall–Kier alpha value is -2.43. The number of hydrogen-bond acceptors (Lipinski definition) is 5. The van der Waals surface area contributed by atoms with Crippen LogP contribution in [0.4, 0.5) is 33.5 Å². The molecule has 0 aliphatic carbocycles. The third-order valence-corrected chi connectivity index (χ3v) is 6.07. The molecule has 158 valence electrons. The zero-order chi connectivity index (χ0) is 21.2. The summed E-state index contributed by atoms with van der Waals surface area (Å²) in [5.74, 6) is -3.16. The molecule has 1 saturated heterocycles. The largest absolute Gasteiger partial charge is 0.417 e. The smallest absolute Gasteiger partial charge is 0.369 e. The lowest BCUT2D eigenvalue weighted by atomic mass is 10.2. The summed E-state index contributed by atoms with van der Waals surface area (Å²) in [5.41, 5.74) is -0.654. The molecule has 0 N–H and O–H groups in total. The van der Waals surface area contributed by atoms with Crippen LogP contribution in [-0.4, -0.2) is 45.3 Å². The Balaban J connectivity index is 1.79. The topological polar surface area (TPSA) is 53.5 Å². The quantitative estimate of drug-likeness (QED) is 0.684. The van der Waals surface area contributed by atoms with Crippen LogP contribution >= 0.6 is 0 Å². The van der Waals surface area contributed by atoms with Gasteiger partial charge in [0.2, 0.25) is 9.84 Å². The monoisotopic (exact) mass is 435 g/mol. The SMILES string of the molecule is O=S(=O)(c1ccccc1N1CCCN(c2ccc(C(F)(F)F)cn2)CC1)C(F)F. The highest BCUT2D eigenvalue weighted by molar-refractivity contribution is 7.91. The Kier molecular flexibility index (Phi) is 5.97. The summed E-state index contributed by atoms with van der Waals surface area (Å²) < 4.78 is 88.1. The zero-order valence-electron chi connectivity index (χ0n) is 15.1. The molecule has 1 aromatic carbocycles. The fraction of sp³-hybridized carbons (Fsp3) is 0.389. The lowest BCUT2D eigenvalue weighted by molar-refractivity contribution is -0.137. The number of benzene rings is 1. The molecule has 2 aromatic rings. The first-order valence-electron chi connectivity index (χ1n) is 8.75. The second-order valence-corrected chi connectivity index (χ2v) is 8.39. The highest BCUT2D eigenvalue weighted by Gasteiger charge is 2.32. The standard InChI is InChI=1S/C18H18F5N3O2S/c19-17(20)29(27,28)15-5-2-1-4-14(15)25-8-3-9-26(11-10-25)16-7-6-13(12-24-16)18(21,22)23/h1-2,4-7,12,17H,3,8-11H2. The number of sulfone groups is 1. The molecule has 11 heteroatoms. The number of halogens is 5. The van der Waals surface area contributed by atoms with Crippen molar-refractivity contribution in [3.05, 3.63) is 48.2 Å². The number of anilines is 2. The fourth-order valence-corrected chi connectivity index (χ4v) is 4.13. The van der Waals surface area contributed by atoms with Crippen molar-refractivity contribution in [3.63, 3.8) is 0 Å². The Bertz CT molecular complexity index is 949. The number of para-hydroxylation sites is 1. The van der Waals surface area contributed by atoms with Crippen LogP contribution in [0.3, 0.4) is 0 Å². The Morgan fingerprint density at radius 3 is 2.21 bits per heavy atom. The molecule has 29 heavy (non-hydrogen) atoms. The van der Waals surface area contributed by atoms with E-state index in [4.69, 9.17) is 0 Å². The van der Waals surface area contributed by atoms with Crippen LogP contribution in [0.25, 0.3) is 0 Å². The third-order valence-electron chi connectivity index (χ3n) is 4.64. The molecule has 0 saturated carbocycles. The van der Waals surface area contributed by atoms with Gasteiger partial charge in [-0.2, -0.15) is 22.0 Å². The van der Waals surface area contributed by atoms with Gasteiger partial charge < -0.3 is 9.80 Å². The van der Waals surface area contributed by atoms with Gasteiger partial charge in [0, 0.05) is 32.4 Å². The van der Waals surface area contributed by atoms with E-state index in [2.05, 4.69) is 4.98 Å². The lowest BCUT2D eigenvalue weighted by Crippen LogP contribution is -2.32. The van der Waals surface area contributed by atoms with E-state index in [0.717, 1.165) is 18.3 Å². The normalized spacial score (nSPS) is 16.2. The summed E-state index contributed by atoms with van der Waals surface area (Å²) >= 11 is 0. The van der Waals surface area contributed by atoms with E-state index in [0.29, 0.717) is 38.4 Å². The van der Waals surface area contributed by atoms with E-state index in [1.807, 2.05) is 0 Å². The van der Waals surface area contributed by atoms with Gasteiger partial charge in [0.15, 0.2) is 0 Å². The number of alkyl halides is 5. The molecule has 0 atom stereocenters. The Morgan fingerprint density at radius 1 is 0.931 bits per heavy atom. The van der Waals surface area contributed by atoms with Crippen molar-refractivity contribution in [3.8, 4) is 0 Å².